The average Bonchev–Trinajstić information content (AvgIpc) is 2.83. The van der Waals surface area contributed by atoms with E-state index in [0.29, 0.717) is 12.4 Å². The molecule has 12 heteroatoms. The summed E-state index contributed by atoms with van der Waals surface area (Å²) in [5.41, 5.74) is -0.0717. The lowest BCUT2D eigenvalue weighted by Crippen LogP contribution is -2.38. The molecule has 3 aromatic rings. The first kappa shape index (κ1) is 23.0. The Balaban J connectivity index is 1.65. The molecule has 176 valence electrons. The minimum Gasteiger partial charge on any atom is -0.486 e. The number of sulfonamides is 1. The number of fused-ring (bicyclic) bond motifs is 1. The van der Waals surface area contributed by atoms with Gasteiger partial charge in [0.15, 0.2) is 11.5 Å². The van der Waals surface area contributed by atoms with Gasteiger partial charge in [-0.25, -0.2) is 12.8 Å². The van der Waals surface area contributed by atoms with E-state index >= 15 is 0 Å². The Labute approximate surface area is 193 Å². The molecule has 0 saturated heterocycles. The summed E-state index contributed by atoms with van der Waals surface area (Å²) in [6, 6.07) is 13.9. The van der Waals surface area contributed by atoms with Gasteiger partial charge in [-0.2, -0.15) is 0 Å². The number of nitrogens with zero attached hydrogens (tertiary/aromatic N) is 2. The SMILES string of the molecule is O=C(CN(c1ccc(F)cc1)S(=O)(=O)c1ccc2c(c1)OCCO2)Nc1cccc([N+](=O)[O-])c1. The number of halogens is 1. The average molecular weight is 487 g/mol. The standard InChI is InChI=1S/C22H18FN3O7S/c23-15-4-6-17(7-5-15)25(14-22(27)24-16-2-1-3-18(12-16)26(28)29)34(30,31)19-8-9-20-21(13-19)33-11-10-32-20/h1-9,12-13H,10-11,14H2,(H,24,27). The summed E-state index contributed by atoms with van der Waals surface area (Å²) in [6.07, 6.45) is 0. The zero-order valence-corrected chi connectivity index (χ0v) is 18.3. The van der Waals surface area contributed by atoms with Gasteiger partial charge in [0.2, 0.25) is 5.91 Å². The van der Waals surface area contributed by atoms with Crippen LogP contribution in [0, 0.1) is 15.9 Å². The lowest BCUT2D eigenvalue weighted by atomic mass is 10.3. The van der Waals surface area contributed by atoms with E-state index in [-0.39, 0.29) is 34.3 Å². The first-order valence-electron chi connectivity index (χ1n) is 9.96. The van der Waals surface area contributed by atoms with Crippen LogP contribution in [-0.4, -0.2) is 39.0 Å². The summed E-state index contributed by atoms with van der Waals surface area (Å²) in [7, 11) is -4.30. The molecule has 1 aliphatic heterocycles. The number of hydrogen-bond donors (Lipinski definition) is 1. The highest BCUT2D eigenvalue weighted by Crippen LogP contribution is 2.34. The number of hydrogen-bond acceptors (Lipinski definition) is 7. The molecule has 10 nitrogen and oxygen atoms in total. The monoisotopic (exact) mass is 487 g/mol. The van der Waals surface area contributed by atoms with Gasteiger partial charge in [-0.05, 0) is 42.5 Å². The molecule has 0 spiro atoms. The fourth-order valence-electron chi connectivity index (χ4n) is 3.26. The van der Waals surface area contributed by atoms with Crippen molar-refractivity contribution < 1.29 is 32.0 Å². The molecule has 0 fully saturated rings. The largest absolute Gasteiger partial charge is 0.486 e. The second kappa shape index (κ2) is 9.35. The second-order valence-electron chi connectivity index (χ2n) is 7.15. The zero-order chi connectivity index (χ0) is 24.3. The fraction of sp³-hybridized carbons (Fsp3) is 0.136. The molecular formula is C22H18FN3O7S. The predicted octanol–water partition coefficient (Wildman–Crippen LogP) is 3.34. The molecule has 0 saturated carbocycles. The Kier molecular flexibility index (Phi) is 6.32. The van der Waals surface area contributed by atoms with Gasteiger partial charge in [0.05, 0.1) is 15.5 Å². The highest BCUT2D eigenvalue weighted by Gasteiger charge is 2.29. The van der Waals surface area contributed by atoms with Crippen molar-refractivity contribution in [2.75, 3.05) is 29.4 Å². The molecule has 0 atom stereocenters. The van der Waals surface area contributed by atoms with Crippen molar-refractivity contribution in [2.24, 2.45) is 0 Å². The third kappa shape index (κ3) is 4.91. The minimum absolute atomic E-state index is 0.0467. The van der Waals surface area contributed by atoms with Crippen LogP contribution >= 0.6 is 0 Å². The van der Waals surface area contributed by atoms with Gasteiger partial charge in [-0.1, -0.05) is 6.07 Å². The molecule has 0 radical (unpaired) electrons. The third-order valence-electron chi connectivity index (χ3n) is 4.84. The normalized spacial score (nSPS) is 12.6. The summed E-state index contributed by atoms with van der Waals surface area (Å²) in [5.74, 6) is -0.707. The smallest absolute Gasteiger partial charge is 0.271 e. The van der Waals surface area contributed by atoms with E-state index < -0.39 is 33.2 Å². The number of carbonyl (C=O) groups is 1. The lowest BCUT2D eigenvalue weighted by Gasteiger charge is -2.25. The zero-order valence-electron chi connectivity index (χ0n) is 17.5. The third-order valence-corrected chi connectivity index (χ3v) is 6.61. The molecule has 3 aromatic carbocycles. The predicted molar refractivity (Wildman–Crippen MR) is 120 cm³/mol. The van der Waals surface area contributed by atoms with Crippen molar-refractivity contribution in [2.45, 2.75) is 4.90 Å². The summed E-state index contributed by atoms with van der Waals surface area (Å²) in [6.45, 7) is -0.0898. The number of ether oxygens (including phenoxy) is 2. The van der Waals surface area contributed by atoms with Gasteiger partial charge >= 0.3 is 0 Å². The highest BCUT2D eigenvalue weighted by molar-refractivity contribution is 7.92. The van der Waals surface area contributed by atoms with Crippen LogP contribution in [0.3, 0.4) is 0 Å². The number of amides is 1. The van der Waals surface area contributed by atoms with Crippen molar-refractivity contribution in [3.8, 4) is 11.5 Å². The number of rotatable bonds is 7. The topological polar surface area (TPSA) is 128 Å². The van der Waals surface area contributed by atoms with Crippen molar-refractivity contribution in [1.82, 2.24) is 0 Å². The Hall–Kier alpha value is -4.19. The first-order valence-corrected chi connectivity index (χ1v) is 11.4. The maximum Gasteiger partial charge on any atom is 0.271 e. The van der Waals surface area contributed by atoms with E-state index in [1.165, 1.54) is 48.5 Å². The van der Waals surface area contributed by atoms with Crippen LogP contribution in [0.2, 0.25) is 0 Å². The number of anilines is 2. The second-order valence-corrected chi connectivity index (χ2v) is 9.01. The number of benzene rings is 3. The maximum atomic E-state index is 13.5. The van der Waals surface area contributed by atoms with E-state index in [1.807, 2.05) is 0 Å². The van der Waals surface area contributed by atoms with Gasteiger partial charge in [0.25, 0.3) is 15.7 Å². The van der Waals surface area contributed by atoms with Crippen LogP contribution in [0.15, 0.2) is 71.6 Å². The highest BCUT2D eigenvalue weighted by atomic mass is 32.2. The summed E-state index contributed by atoms with van der Waals surface area (Å²) in [5, 5.41) is 13.4. The molecule has 0 aromatic heterocycles. The summed E-state index contributed by atoms with van der Waals surface area (Å²) >= 11 is 0. The first-order chi connectivity index (χ1) is 16.2. The van der Waals surface area contributed by atoms with Crippen LogP contribution < -0.4 is 19.1 Å². The number of nitrogens with one attached hydrogen (secondary N) is 1. The number of nitro benzene ring substituents is 1. The van der Waals surface area contributed by atoms with Crippen LogP contribution in [-0.2, 0) is 14.8 Å². The number of non-ortho nitro benzene ring substituents is 1. The molecule has 1 N–H and O–H groups in total. The van der Waals surface area contributed by atoms with Gasteiger partial charge in [0.1, 0.15) is 25.6 Å². The van der Waals surface area contributed by atoms with E-state index in [2.05, 4.69) is 5.32 Å². The maximum absolute atomic E-state index is 13.5. The summed E-state index contributed by atoms with van der Waals surface area (Å²) in [4.78, 5) is 22.9. The number of nitro groups is 1. The Morgan fingerprint density at radius 2 is 1.74 bits per heavy atom. The van der Waals surface area contributed by atoms with Crippen LogP contribution in [0.4, 0.5) is 21.5 Å². The Morgan fingerprint density at radius 1 is 1.03 bits per heavy atom. The van der Waals surface area contributed by atoms with Crippen molar-refractivity contribution in [3.63, 3.8) is 0 Å². The van der Waals surface area contributed by atoms with Gasteiger partial charge in [-0.15, -0.1) is 0 Å². The van der Waals surface area contributed by atoms with Crippen molar-refractivity contribution in [1.29, 1.82) is 0 Å². The number of carbonyl (C=O) groups excluding carboxylic acids is 1. The minimum atomic E-state index is -4.30. The molecule has 1 aliphatic rings. The molecule has 0 unspecified atom stereocenters. The van der Waals surface area contributed by atoms with Gasteiger partial charge in [-0.3, -0.25) is 19.2 Å². The molecule has 34 heavy (non-hydrogen) atoms. The van der Waals surface area contributed by atoms with Crippen LogP contribution in [0.25, 0.3) is 0 Å². The lowest BCUT2D eigenvalue weighted by molar-refractivity contribution is -0.384. The Morgan fingerprint density at radius 3 is 2.44 bits per heavy atom. The van der Waals surface area contributed by atoms with Crippen molar-refractivity contribution in [3.05, 3.63) is 82.7 Å². The molecule has 1 heterocycles. The van der Waals surface area contributed by atoms with E-state index in [1.54, 1.807) is 0 Å². The fourth-order valence-corrected chi connectivity index (χ4v) is 4.70. The molecule has 1 amide bonds. The molecule has 0 aliphatic carbocycles. The van der Waals surface area contributed by atoms with Gasteiger partial charge in [0, 0.05) is 23.9 Å². The van der Waals surface area contributed by atoms with Crippen LogP contribution in [0.1, 0.15) is 0 Å². The quantitative estimate of drug-likeness (QED) is 0.400. The van der Waals surface area contributed by atoms with Crippen LogP contribution in [0.5, 0.6) is 11.5 Å². The molecular weight excluding hydrogens is 469 g/mol. The summed E-state index contributed by atoms with van der Waals surface area (Å²) < 4.78 is 52.2. The molecule has 4 rings (SSSR count). The van der Waals surface area contributed by atoms with Crippen molar-refractivity contribution >= 4 is 33.0 Å². The van der Waals surface area contributed by atoms with Gasteiger partial charge < -0.3 is 14.8 Å². The van der Waals surface area contributed by atoms with E-state index in [0.717, 1.165) is 22.5 Å². The molecule has 0 bridgehead atoms. The van der Waals surface area contributed by atoms with E-state index in [9.17, 15) is 27.7 Å². The van der Waals surface area contributed by atoms with E-state index in [4.69, 9.17) is 9.47 Å². The Bertz CT molecular complexity index is 1350.